The van der Waals surface area contributed by atoms with E-state index in [4.69, 9.17) is 14.2 Å². The monoisotopic (exact) mass is 295 g/mol. The first-order valence-corrected chi connectivity index (χ1v) is 6.75. The van der Waals surface area contributed by atoms with E-state index in [1.807, 2.05) is 0 Å². The summed E-state index contributed by atoms with van der Waals surface area (Å²) in [6.45, 7) is 0.735. The molecule has 1 aromatic carbocycles. The van der Waals surface area contributed by atoms with E-state index in [0.717, 1.165) is 19.4 Å². The van der Waals surface area contributed by atoms with Crippen molar-refractivity contribution in [2.24, 2.45) is 0 Å². The van der Waals surface area contributed by atoms with Crippen LogP contribution in [-0.4, -0.2) is 30.7 Å². The largest absolute Gasteiger partial charge is 0.493 e. The van der Waals surface area contributed by atoms with Gasteiger partial charge < -0.3 is 14.2 Å². The lowest BCUT2D eigenvalue weighted by Gasteiger charge is -2.10. The highest BCUT2D eigenvalue weighted by molar-refractivity contribution is 5.73. The van der Waals surface area contributed by atoms with Crippen LogP contribution >= 0.6 is 0 Å². The van der Waals surface area contributed by atoms with E-state index < -0.39 is 10.9 Å². The summed E-state index contributed by atoms with van der Waals surface area (Å²) in [5.41, 5.74) is -0.155. The summed E-state index contributed by atoms with van der Waals surface area (Å²) in [6, 6.07) is 3.88. The molecule has 0 radical (unpaired) electrons. The van der Waals surface area contributed by atoms with Gasteiger partial charge in [0.25, 0.3) is 5.69 Å². The number of nitrogens with zero attached hydrogens (tertiary/aromatic N) is 1. The molecule has 1 aliphatic heterocycles. The summed E-state index contributed by atoms with van der Waals surface area (Å²) in [5.74, 6) is -0.112. The summed E-state index contributed by atoms with van der Waals surface area (Å²) in [5, 5.41) is 10.7. The van der Waals surface area contributed by atoms with E-state index in [0.29, 0.717) is 6.42 Å². The minimum Gasteiger partial charge on any atom is -0.493 e. The smallest absolute Gasteiger partial charge is 0.311 e. The van der Waals surface area contributed by atoms with Crippen LogP contribution in [0.2, 0.25) is 0 Å². The Kier molecular flexibility index (Phi) is 5.10. The van der Waals surface area contributed by atoms with Crippen molar-refractivity contribution in [3.63, 3.8) is 0 Å². The van der Waals surface area contributed by atoms with Crippen molar-refractivity contribution in [1.82, 2.24) is 0 Å². The highest BCUT2D eigenvalue weighted by atomic mass is 16.6. The van der Waals surface area contributed by atoms with Crippen LogP contribution < -0.4 is 9.47 Å². The van der Waals surface area contributed by atoms with Gasteiger partial charge in [-0.05, 0) is 25.3 Å². The van der Waals surface area contributed by atoms with Crippen molar-refractivity contribution in [3.8, 4) is 11.5 Å². The van der Waals surface area contributed by atoms with E-state index in [2.05, 4.69) is 0 Å². The van der Waals surface area contributed by atoms with Crippen LogP contribution in [-0.2, 0) is 9.53 Å². The lowest BCUT2D eigenvalue weighted by atomic mass is 10.1. The third-order valence-electron chi connectivity index (χ3n) is 3.28. The van der Waals surface area contributed by atoms with Gasteiger partial charge in [0, 0.05) is 19.1 Å². The summed E-state index contributed by atoms with van der Waals surface area (Å²) in [4.78, 5) is 22.0. The average Bonchev–Trinajstić information content (AvgIpc) is 2.98. The highest BCUT2D eigenvalue weighted by Gasteiger charge is 2.19. The van der Waals surface area contributed by atoms with Gasteiger partial charge in [-0.15, -0.1) is 0 Å². The Morgan fingerprint density at radius 3 is 2.90 bits per heavy atom. The molecule has 7 nitrogen and oxygen atoms in total. The standard InChI is InChI=1S/C14H17NO6/c1-19-12-6-4-10(15(17)18)9-13(12)21-14(16)7-5-11-3-2-8-20-11/h4,6,9,11H,2-3,5,7-8H2,1H3. The molecular formula is C14H17NO6. The third kappa shape index (κ3) is 4.16. The first kappa shape index (κ1) is 15.2. The van der Waals surface area contributed by atoms with Gasteiger partial charge in [0.15, 0.2) is 11.5 Å². The Bertz CT molecular complexity index is 524. The number of carbonyl (C=O) groups is 1. The maximum absolute atomic E-state index is 11.8. The number of nitro benzene ring substituents is 1. The molecular weight excluding hydrogens is 278 g/mol. The van der Waals surface area contributed by atoms with Gasteiger partial charge >= 0.3 is 5.97 Å². The molecule has 0 aromatic heterocycles. The molecule has 0 N–H and O–H groups in total. The maximum atomic E-state index is 11.8. The van der Waals surface area contributed by atoms with Crippen LogP contribution in [0.4, 0.5) is 5.69 Å². The fourth-order valence-electron chi connectivity index (χ4n) is 2.18. The Morgan fingerprint density at radius 1 is 1.48 bits per heavy atom. The van der Waals surface area contributed by atoms with Gasteiger partial charge in [-0.2, -0.15) is 0 Å². The van der Waals surface area contributed by atoms with E-state index in [9.17, 15) is 14.9 Å². The molecule has 1 aliphatic rings. The quantitative estimate of drug-likeness (QED) is 0.347. The molecule has 7 heteroatoms. The van der Waals surface area contributed by atoms with Crippen LogP contribution in [0.1, 0.15) is 25.7 Å². The third-order valence-corrected chi connectivity index (χ3v) is 3.28. The van der Waals surface area contributed by atoms with Crippen molar-refractivity contribution in [3.05, 3.63) is 28.3 Å². The Labute approximate surface area is 122 Å². The first-order chi connectivity index (χ1) is 10.1. The lowest BCUT2D eigenvalue weighted by molar-refractivity contribution is -0.384. The van der Waals surface area contributed by atoms with Crippen LogP contribution in [0, 0.1) is 10.1 Å². The number of methoxy groups -OCH3 is 1. The number of hydrogen-bond acceptors (Lipinski definition) is 6. The van der Waals surface area contributed by atoms with Crippen molar-refractivity contribution in [2.75, 3.05) is 13.7 Å². The molecule has 0 saturated carbocycles. The zero-order valence-electron chi connectivity index (χ0n) is 11.7. The molecule has 1 atom stereocenters. The Balaban J connectivity index is 1.97. The predicted octanol–water partition coefficient (Wildman–Crippen LogP) is 2.47. The van der Waals surface area contributed by atoms with Gasteiger partial charge in [0.05, 0.1) is 24.2 Å². The minimum absolute atomic E-state index is 0.0593. The summed E-state index contributed by atoms with van der Waals surface area (Å²) < 4.78 is 15.6. The minimum atomic E-state index is -0.552. The zero-order valence-corrected chi connectivity index (χ0v) is 11.7. The summed E-state index contributed by atoms with van der Waals surface area (Å²) in [7, 11) is 1.41. The Hall–Kier alpha value is -2.15. The molecule has 0 aliphatic carbocycles. The van der Waals surface area contributed by atoms with Gasteiger partial charge in [-0.1, -0.05) is 0 Å². The van der Waals surface area contributed by atoms with Crippen LogP contribution in [0.3, 0.4) is 0 Å². The second kappa shape index (κ2) is 7.03. The SMILES string of the molecule is COc1ccc([N+](=O)[O-])cc1OC(=O)CCC1CCCO1. The zero-order chi connectivity index (χ0) is 15.2. The van der Waals surface area contributed by atoms with E-state index in [1.165, 1.54) is 25.3 Å². The van der Waals surface area contributed by atoms with Crippen LogP contribution in [0.25, 0.3) is 0 Å². The fourth-order valence-corrected chi connectivity index (χ4v) is 2.18. The number of hydrogen-bond donors (Lipinski definition) is 0. The Morgan fingerprint density at radius 2 is 2.29 bits per heavy atom. The van der Waals surface area contributed by atoms with Gasteiger partial charge in [-0.25, -0.2) is 0 Å². The van der Waals surface area contributed by atoms with Gasteiger partial charge in [-0.3, -0.25) is 14.9 Å². The van der Waals surface area contributed by atoms with Gasteiger partial charge in [0.1, 0.15) is 0 Å². The molecule has 1 saturated heterocycles. The highest BCUT2D eigenvalue weighted by Crippen LogP contribution is 2.31. The number of esters is 1. The molecule has 114 valence electrons. The lowest BCUT2D eigenvalue weighted by Crippen LogP contribution is -2.13. The number of rotatable bonds is 6. The van der Waals surface area contributed by atoms with E-state index in [1.54, 1.807) is 0 Å². The molecule has 1 fully saturated rings. The van der Waals surface area contributed by atoms with Crippen molar-refractivity contribution >= 4 is 11.7 Å². The van der Waals surface area contributed by atoms with Crippen molar-refractivity contribution in [1.29, 1.82) is 0 Å². The molecule has 1 unspecified atom stereocenters. The van der Waals surface area contributed by atoms with Crippen molar-refractivity contribution < 1.29 is 23.9 Å². The number of non-ortho nitro benzene ring substituents is 1. The number of nitro groups is 1. The first-order valence-electron chi connectivity index (χ1n) is 6.75. The molecule has 1 heterocycles. The van der Waals surface area contributed by atoms with E-state index >= 15 is 0 Å². The second-order valence-electron chi connectivity index (χ2n) is 4.74. The van der Waals surface area contributed by atoms with Gasteiger partial charge in [0.2, 0.25) is 0 Å². The van der Waals surface area contributed by atoms with Crippen LogP contribution in [0.5, 0.6) is 11.5 Å². The summed E-state index contributed by atoms with van der Waals surface area (Å²) in [6.07, 6.45) is 2.86. The molecule has 0 bridgehead atoms. The fraction of sp³-hybridized carbons (Fsp3) is 0.500. The molecule has 1 aromatic rings. The normalized spacial score (nSPS) is 17.5. The predicted molar refractivity (Wildman–Crippen MR) is 73.5 cm³/mol. The molecule has 0 spiro atoms. The van der Waals surface area contributed by atoms with Crippen molar-refractivity contribution in [2.45, 2.75) is 31.8 Å². The topological polar surface area (TPSA) is 87.9 Å². The number of benzene rings is 1. The molecule has 21 heavy (non-hydrogen) atoms. The molecule has 0 amide bonds. The van der Waals surface area contributed by atoms with E-state index in [-0.39, 0.29) is 29.7 Å². The average molecular weight is 295 g/mol. The number of ether oxygens (including phenoxy) is 3. The summed E-state index contributed by atoms with van der Waals surface area (Å²) >= 11 is 0. The molecule has 2 rings (SSSR count). The number of carbonyl (C=O) groups excluding carboxylic acids is 1. The second-order valence-corrected chi connectivity index (χ2v) is 4.74. The maximum Gasteiger partial charge on any atom is 0.311 e. The van der Waals surface area contributed by atoms with Crippen LogP contribution in [0.15, 0.2) is 18.2 Å².